The van der Waals surface area contributed by atoms with Crippen molar-refractivity contribution in [1.82, 2.24) is 4.90 Å². The highest BCUT2D eigenvalue weighted by molar-refractivity contribution is 5.58. The van der Waals surface area contributed by atoms with Gasteiger partial charge in [-0.3, -0.25) is 0 Å². The molecule has 1 N–H and O–H groups in total. The Kier molecular flexibility index (Phi) is 7.28. The lowest BCUT2D eigenvalue weighted by Gasteiger charge is -2.24. The number of nitrogens with one attached hydrogen (secondary N) is 1. The molecule has 0 bridgehead atoms. The molecule has 148 valence electrons. The summed E-state index contributed by atoms with van der Waals surface area (Å²) in [4.78, 5) is 2.03. The van der Waals surface area contributed by atoms with Crippen molar-refractivity contribution in [2.45, 2.75) is 39.5 Å². The quantitative estimate of drug-likeness (QED) is 0.513. The van der Waals surface area contributed by atoms with Crippen LogP contribution in [0.4, 0.5) is 5.69 Å². The number of allylic oxidation sites excluding steroid dienone is 2. The molecule has 2 unspecified atom stereocenters. The Hall–Kier alpha value is -2.74. The first-order valence-corrected chi connectivity index (χ1v) is 9.88. The maximum atomic E-state index is 4.20. The van der Waals surface area contributed by atoms with Crippen molar-refractivity contribution in [1.29, 1.82) is 0 Å². The number of rotatable bonds is 8. The van der Waals surface area contributed by atoms with Crippen LogP contribution in [0, 0.1) is 13.8 Å². The van der Waals surface area contributed by atoms with E-state index in [1.54, 1.807) is 6.08 Å². The Labute approximate surface area is 171 Å². The minimum absolute atomic E-state index is 0.440. The van der Waals surface area contributed by atoms with Gasteiger partial charge in [0.05, 0.1) is 11.4 Å². The highest BCUT2D eigenvalue weighted by Gasteiger charge is 2.18. The molecule has 2 nitrogen and oxygen atoms in total. The highest BCUT2D eigenvalue weighted by Crippen LogP contribution is 2.35. The first-order valence-electron chi connectivity index (χ1n) is 9.88. The molecule has 2 aromatic rings. The van der Waals surface area contributed by atoms with Gasteiger partial charge in [-0.05, 0) is 60.1 Å². The Morgan fingerprint density at radius 2 is 1.68 bits per heavy atom. The second-order valence-electron chi connectivity index (χ2n) is 7.79. The van der Waals surface area contributed by atoms with E-state index in [1.807, 2.05) is 25.1 Å². The fourth-order valence-electron chi connectivity index (χ4n) is 3.62. The SMILES string of the molecule is C=C/C=C(/C(=C)Nc1ccc(C(C)C(C)c2ccccc2C)cc1C)N(C)C. The summed E-state index contributed by atoms with van der Waals surface area (Å²) in [5.74, 6) is 0.903. The van der Waals surface area contributed by atoms with E-state index in [-0.39, 0.29) is 0 Å². The summed E-state index contributed by atoms with van der Waals surface area (Å²) >= 11 is 0. The van der Waals surface area contributed by atoms with Crippen molar-refractivity contribution in [3.8, 4) is 0 Å². The Bertz CT molecular complexity index is 874. The van der Waals surface area contributed by atoms with Crippen LogP contribution in [-0.2, 0) is 0 Å². The van der Waals surface area contributed by atoms with Gasteiger partial charge in [0.2, 0.25) is 0 Å². The zero-order chi connectivity index (χ0) is 20.8. The van der Waals surface area contributed by atoms with Gasteiger partial charge in [-0.1, -0.05) is 69.5 Å². The minimum atomic E-state index is 0.440. The molecule has 0 aromatic heterocycles. The third kappa shape index (κ3) is 4.95. The smallest absolute Gasteiger partial charge is 0.0593 e. The summed E-state index contributed by atoms with van der Waals surface area (Å²) in [6.45, 7) is 17.0. The Morgan fingerprint density at radius 3 is 2.25 bits per heavy atom. The third-order valence-electron chi connectivity index (χ3n) is 5.56. The molecule has 0 saturated carbocycles. The normalized spacial score (nSPS) is 13.6. The van der Waals surface area contributed by atoms with Crippen molar-refractivity contribution in [3.05, 3.63) is 101 Å². The summed E-state index contributed by atoms with van der Waals surface area (Å²) in [6.07, 6.45) is 3.75. The predicted molar refractivity (Wildman–Crippen MR) is 124 cm³/mol. The van der Waals surface area contributed by atoms with Crippen LogP contribution in [0.5, 0.6) is 0 Å². The molecule has 0 aliphatic rings. The van der Waals surface area contributed by atoms with Crippen LogP contribution in [0.25, 0.3) is 0 Å². The molecule has 0 heterocycles. The highest BCUT2D eigenvalue weighted by atomic mass is 15.1. The van der Waals surface area contributed by atoms with E-state index in [0.29, 0.717) is 11.8 Å². The monoisotopic (exact) mass is 374 g/mol. The van der Waals surface area contributed by atoms with E-state index in [4.69, 9.17) is 0 Å². The zero-order valence-corrected chi connectivity index (χ0v) is 18.2. The van der Waals surface area contributed by atoms with Crippen molar-refractivity contribution in [2.75, 3.05) is 19.4 Å². The molecule has 0 aliphatic carbocycles. The van der Waals surface area contributed by atoms with Crippen molar-refractivity contribution < 1.29 is 0 Å². The van der Waals surface area contributed by atoms with Gasteiger partial charge >= 0.3 is 0 Å². The van der Waals surface area contributed by atoms with Gasteiger partial charge < -0.3 is 10.2 Å². The zero-order valence-electron chi connectivity index (χ0n) is 18.2. The Balaban J connectivity index is 2.22. The molecule has 0 saturated heterocycles. The fraction of sp³-hybridized carbons (Fsp3) is 0.308. The van der Waals surface area contributed by atoms with Gasteiger partial charge in [0.25, 0.3) is 0 Å². The first-order chi connectivity index (χ1) is 13.3. The van der Waals surface area contributed by atoms with Gasteiger partial charge in [0.15, 0.2) is 0 Å². The van der Waals surface area contributed by atoms with Gasteiger partial charge in [0, 0.05) is 19.8 Å². The summed E-state index contributed by atoms with van der Waals surface area (Å²) in [6, 6.07) is 15.4. The molecule has 28 heavy (non-hydrogen) atoms. The van der Waals surface area contributed by atoms with Crippen LogP contribution in [0.15, 0.2) is 79.2 Å². The average molecular weight is 375 g/mol. The van der Waals surface area contributed by atoms with Gasteiger partial charge in [-0.15, -0.1) is 0 Å². The molecule has 0 radical (unpaired) electrons. The van der Waals surface area contributed by atoms with Crippen LogP contribution in [0.1, 0.15) is 47.9 Å². The molecule has 0 fully saturated rings. The lowest BCUT2D eigenvalue weighted by atomic mass is 9.82. The summed E-state index contributed by atoms with van der Waals surface area (Å²) in [5.41, 5.74) is 8.33. The molecule has 2 aromatic carbocycles. The predicted octanol–water partition coefficient (Wildman–Crippen LogP) is 6.77. The van der Waals surface area contributed by atoms with E-state index >= 15 is 0 Å². The summed E-state index contributed by atoms with van der Waals surface area (Å²) < 4.78 is 0. The number of hydrogen-bond acceptors (Lipinski definition) is 2. The van der Waals surface area contributed by atoms with Crippen LogP contribution in [0.2, 0.25) is 0 Å². The van der Waals surface area contributed by atoms with Crippen LogP contribution in [-0.4, -0.2) is 19.0 Å². The second-order valence-corrected chi connectivity index (χ2v) is 7.79. The van der Waals surface area contributed by atoms with E-state index < -0.39 is 0 Å². The molecule has 0 aliphatic heterocycles. The molecule has 2 rings (SSSR count). The number of anilines is 1. The van der Waals surface area contributed by atoms with Gasteiger partial charge in [-0.2, -0.15) is 0 Å². The van der Waals surface area contributed by atoms with E-state index in [9.17, 15) is 0 Å². The molecule has 2 heteroatoms. The van der Waals surface area contributed by atoms with E-state index in [1.165, 1.54) is 22.3 Å². The molecule has 0 spiro atoms. The number of aryl methyl sites for hydroxylation is 2. The lowest BCUT2D eigenvalue weighted by Crippen LogP contribution is -2.17. The second kappa shape index (κ2) is 9.45. The third-order valence-corrected chi connectivity index (χ3v) is 5.56. The molecular weight excluding hydrogens is 340 g/mol. The van der Waals surface area contributed by atoms with Crippen molar-refractivity contribution in [2.24, 2.45) is 0 Å². The van der Waals surface area contributed by atoms with Crippen molar-refractivity contribution >= 4 is 5.69 Å². The molecule has 2 atom stereocenters. The number of likely N-dealkylation sites (N-methyl/N-ethyl adjacent to an activating group) is 1. The number of hydrogen-bond donors (Lipinski definition) is 1. The van der Waals surface area contributed by atoms with Crippen molar-refractivity contribution in [3.63, 3.8) is 0 Å². The first kappa shape index (κ1) is 21.6. The molecular formula is C26H34N2. The fourth-order valence-corrected chi connectivity index (χ4v) is 3.62. The average Bonchev–Trinajstić information content (AvgIpc) is 2.66. The maximum Gasteiger partial charge on any atom is 0.0593 e. The minimum Gasteiger partial charge on any atom is -0.376 e. The Morgan fingerprint density at radius 1 is 1.00 bits per heavy atom. The molecule has 0 amide bonds. The van der Waals surface area contributed by atoms with Gasteiger partial charge in [-0.25, -0.2) is 0 Å². The van der Waals surface area contributed by atoms with E-state index in [0.717, 1.165) is 17.1 Å². The summed E-state index contributed by atoms with van der Waals surface area (Å²) in [7, 11) is 4.01. The standard InChI is InChI=1S/C26H34N2/c1-9-12-26(28(7)8)22(6)27-25-16-15-23(17-19(25)3)20(4)21(5)24-14-11-10-13-18(24)2/h9-17,20-21,27H,1,6H2,2-5,7-8H3/b26-12-. The van der Waals surface area contributed by atoms with Gasteiger partial charge in [0.1, 0.15) is 0 Å². The summed E-state index contributed by atoms with van der Waals surface area (Å²) in [5, 5.41) is 3.46. The largest absolute Gasteiger partial charge is 0.376 e. The van der Waals surface area contributed by atoms with Crippen LogP contribution < -0.4 is 5.32 Å². The topological polar surface area (TPSA) is 15.3 Å². The lowest BCUT2D eigenvalue weighted by molar-refractivity contribution is 0.523. The van der Waals surface area contributed by atoms with Crippen LogP contribution in [0.3, 0.4) is 0 Å². The maximum absolute atomic E-state index is 4.20. The number of nitrogens with zero attached hydrogens (tertiary/aromatic N) is 1. The van der Waals surface area contributed by atoms with Crippen LogP contribution >= 0.6 is 0 Å². The number of benzene rings is 2. The van der Waals surface area contributed by atoms with E-state index in [2.05, 4.69) is 88.6 Å².